The van der Waals surface area contributed by atoms with Crippen LogP contribution in [0.15, 0.2) is 32.3 Å². The molecule has 0 aliphatic carbocycles. The lowest BCUT2D eigenvalue weighted by Crippen LogP contribution is -2.35. The molecular formula is C10H7BrN2O3. The number of nitrogens with one attached hydrogen (secondary N) is 1. The van der Waals surface area contributed by atoms with Gasteiger partial charge in [-0.15, -0.1) is 0 Å². The summed E-state index contributed by atoms with van der Waals surface area (Å²) >= 11 is 3.23. The minimum atomic E-state index is -0.581. The maximum absolute atomic E-state index is 11.9. The monoisotopic (exact) mass is 282 g/mol. The second-order valence-corrected chi connectivity index (χ2v) is 4.03. The van der Waals surface area contributed by atoms with Gasteiger partial charge in [-0.25, -0.2) is 4.79 Å². The zero-order chi connectivity index (χ0) is 11.7. The van der Waals surface area contributed by atoms with Crippen molar-refractivity contribution in [2.45, 2.75) is 6.54 Å². The number of aldehydes is 1. The molecule has 0 aliphatic rings. The van der Waals surface area contributed by atoms with Crippen molar-refractivity contribution in [3.8, 4) is 0 Å². The highest BCUT2D eigenvalue weighted by molar-refractivity contribution is 9.10. The topological polar surface area (TPSA) is 71.9 Å². The molecule has 0 aliphatic heterocycles. The highest BCUT2D eigenvalue weighted by Crippen LogP contribution is 2.17. The van der Waals surface area contributed by atoms with Crippen molar-refractivity contribution in [2.24, 2.45) is 0 Å². The Hall–Kier alpha value is -1.69. The molecule has 2 rings (SSSR count). The summed E-state index contributed by atoms with van der Waals surface area (Å²) in [7, 11) is 0. The molecule has 0 saturated carbocycles. The largest absolute Gasteiger partial charge is 0.329 e. The van der Waals surface area contributed by atoms with Gasteiger partial charge in [0.25, 0.3) is 5.56 Å². The van der Waals surface area contributed by atoms with Gasteiger partial charge in [0.15, 0.2) is 0 Å². The molecule has 2 aromatic rings. The van der Waals surface area contributed by atoms with E-state index in [0.717, 1.165) is 4.57 Å². The van der Waals surface area contributed by atoms with Gasteiger partial charge in [0.2, 0.25) is 0 Å². The van der Waals surface area contributed by atoms with Gasteiger partial charge >= 0.3 is 5.69 Å². The first-order chi connectivity index (χ1) is 7.65. The molecule has 1 heterocycles. The molecule has 1 aromatic carbocycles. The Morgan fingerprint density at radius 2 is 2.12 bits per heavy atom. The average Bonchev–Trinajstić information content (AvgIpc) is 2.24. The Morgan fingerprint density at radius 1 is 1.38 bits per heavy atom. The molecule has 0 spiro atoms. The lowest BCUT2D eigenvalue weighted by Gasteiger charge is -2.03. The Labute approximate surface area is 97.8 Å². The highest BCUT2D eigenvalue weighted by Gasteiger charge is 2.09. The molecule has 1 N–H and O–H groups in total. The predicted molar refractivity (Wildman–Crippen MR) is 62.6 cm³/mol. The van der Waals surface area contributed by atoms with Crippen molar-refractivity contribution in [3.05, 3.63) is 43.5 Å². The summed E-state index contributed by atoms with van der Waals surface area (Å²) in [5, 5.41) is 0.365. The summed E-state index contributed by atoms with van der Waals surface area (Å²) in [6, 6.07) is 5.05. The van der Waals surface area contributed by atoms with E-state index in [2.05, 4.69) is 20.9 Å². The standard InChI is InChI=1S/C10H7BrN2O3/c11-6-2-1-3-7-8(6)9(15)13(4-5-14)10(16)12-7/h1-3,5H,4H2,(H,12,16). The van der Waals surface area contributed by atoms with Crippen LogP contribution in [0.4, 0.5) is 0 Å². The zero-order valence-corrected chi connectivity index (χ0v) is 9.65. The van der Waals surface area contributed by atoms with E-state index >= 15 is 0 Å². The van der Waals surface area contributed by atoms with E-state index in [1.807, 2.05) is 0 Å². The molecular weight excluding hydrogens is 276 g/mol. The molecule has 0 radical (unpaired) electrons. The lowest BCUT2D eigenvalue weighted by molar-refractivity contribution is -0.108. The summed E-state index contributed by atoms with van der Waals surface area (Å²) in [5.74, 6) is 0. The second-order valence-electron chi connectivity index (χ2n) is 3.17. The van der Waals surface area contributed by atoms with Gasteiger partial charge in [0.1, 0.15) is 6.29 Å². The third kappa shape index (κ3) is 1.61. The summed E-state index contributed by atoms with van der Waals surface area (Å²) in [5.41, 5.74) is -0.604. The Balaban J connectivity index is 2.97. The summed E-state index contributed by atoms with van der Waals surface area (Å²) < 4.78 is 1.45. The van der Waals surface area contributed by atoms with Gasteiger partial charge in [0.05, 0.1) is 17.4 Å². The van der Waals surface area contributed by atoms with E-state index in [9.17, 15) is 14.4 Å². The van der Waals surface area contributed by atoms with Gasteiger partial charge in [0, 0.05) is 4.47 Å². The molecule has 0 unspecified atom stereocenters. The zero-order valence-electron chi connectivity index (χ0n) is 8.07. The molecule has 0 bridgehead atoms. The number of benzene rings is 1. The third-order valence-electron chi connectivity index (χ3n) is 2.22. The van der Waals surface area contributed by atoms with Crippen LogP contribution in [-0.2, 0) is 11.3 Å². The van der Waals surface area contributed by atoms with Crippen LogP contribution in [0.1, 0.15) is 0 Å². The van der Waals surface area contributed by atoms with Gasteiger partial charge in [-0.3, -0.25) is 9.36 Å². The number of hydrogen-bond donors (Lipinski definition) is 1. The Kier molecular flexibility index (Phi) is 2.74. The van der Waals surface area contributed by atoms with Crippen LogP contribution >= 0.6 is 15.9 Å². The third-order valence-corrected chi connectivity index (χ3v) is 2.88. The minimum Gasteiger partial charge on any atom is -0.307 e. The Bertz CT molecular complexity index is 672. The summed E-state index contributed by atoms with van der Waals surface area (Å²) in [4.78, 5) is 36.3. The number of nitrogens with zero attached hydrogens (tertiary/aromatic N) is 1. The molecule has 82 valence electrons. The molecule has 0 atom stereocenters. The van der Waals surface area contributed by atoms with Gasteiger partial charge < -0.3 is 9.78 Å². The van der Waals surface area contributed by atoms with Crippen molar-refractivity contribution >= 4 is 33.1 Å². The SMILES string of the molecule is O=CCn1c(=O)[nH]c2cccc(Br)c2c1=O. The number of aromatic amines is 1. The summed E-state index contributed by atoms with van der Waals surface area (Å²) in [6.07, 6.45) is 0.513. The van der Waals surface area contributed by atoms with Crippen LogP contribution in [0.25, 0.3) is 10.9 Å². The Morgan fingerprint density at radius 3 is 2.81 bits per heavy atom. The number of carbonyl (C=O) groups excluding carboxylic acids is 1. The molecule has 1 aromatic heterocycles. The average molecular weight is 283 g/mol. The first kappa shape index (κ1) is 10.8. The fourth-order valence-corrected chi connectivity index (χ4v) is 2.03. The van der Waals surface area contributed by atoms with E-state index in [-0.39, 0.29) is 6.54 Å². The molecule has 5 nitrogen and oxygen atoms in total. The number of rotatable bonds is 2. The van der Waals surface area contributed by atoms with Crippen LogP contribution < -0.4 is 11.2 Å². The van der Waals surface area contributed by atoms with Crippen LogP contribution in [0, 0.1) is 0 Å². The van der Waals surface area contributed by atoms with E-state index in [1.54, 1.807) is 18.2 Å². The lowest BCUT2D eigenvalue weighted by atomic mass is 10.2. The van der Waals surface area contributed by atoms with Crippen molar-refractivity contribution in [2.75, 3.05) is 0 Å². The van der Waals surface area contributed by atoms with E-state index in [4.69, 9.17) is 0 Å². The van der Waals surface area contributed by atoms with E-state index in [1.165, 1.54) is 0 Å². The fraction of sp³-hybridized carbons (Fsp3) is 0.100. The molecule has 0 fully saturated rings. The maximum Gasteiger partial charge on any atom is 0.329 e. The van der Waals surface area contributed by atoms with Gasteiger partial charge in [-0.1, -0.05) is 6.07 Å². The molecule has 0 saturated heterocycles. The summed E-state index contributed by atoms with van der Waals surface area (Å²) in [6.45, 7) is -0.245. The first-order valence-corrected chi connectivity index (χ1v) is 5.29. The van der Waals surface area contributed by atoms with E-state index < -0.39 is 11.2 Å². The van der Waals surface area contributed by atoms with Crippen molar-refractivity contribution < 1.29 is 4.79 Å². The van der Waals surface area contributed by atoms with Crippen LogP contribution in [0.3, 0.4) is 0 Å². The fourth-order valence-electron chi connectivity index (χ4n) is 1.50. The van der Waals surface area contributed by atoms with Crippen LogP contribution in [0.5, 0.6) is 0 Å². The normalized spacial score (nSPS) is 10.6. The maximum atomic E-state index is 11.9. The predicted octanol–water partition coefficient (Wildman–Crippen LogP) is 0.651. The quantitative estimate of drug-likeness (QED) is 0.822. The van der Waals surface area contributed by atoms with Crippen molar-refractivity contribution in [1.82, 2.24) is 9.55 Å². The van der Waals surface area contributed by atoms with Crippen molar-refractivity contribution in [1.29, 1.82) is 0 Å². The number of hydrogen-bond acceptors (Lipinski definition) is 3. The molecule has 6 heteroatoms. The van der Waals surface area contributed by atoms with Crippen LogP contribution in [-0.4, -0.2) is 15.8 Å². The van der Waals surface area contributed by atoms with E-state index in [0.29, 0.717) is 21.7 Å². The number of H-pyrrole nitrogens is 1. The van der Waals surface area contributed by atoms with Crippen molar-refractivity contribution in [3.63, 3.8) is 0 Å². The van der Waals surface area contributed by atoms with Gasteiger partial charge in [-0.05, 0) is 28.1 Å². The number of carbonyl (C=O) groups is 1. The highest BCUT2D eigenvalue weighted by atomic mass is 79.9. The minimum absolute atomic E-state index is 0.245. The van der Waals surface area contributed by atoms with Gasteiger partial charge in [-0.2, -0.15) is 0 Å². The molecule has 16 heavy (non-hydrogen) atoms. The number of fused-ring (bicyclic) bond motifs is 1. The first-order valence-electron chi connectivity index (χ1n) is 4.50. The number of aromatic nitrogens is 2. The number of halogens is 1. The second kappa shape index (κ2) is 4.05. The molecule has 0 amide bonds. The van der Waals surface area contributed by atoms with Crippen LogP contribution in [0.2, 0.25) is 0 Å². The smallest absolute Gasteiger partial charge is 0.307 e.